The van der Waals surface area contributed by atoms with E-state index in [1.165, 1.54) is 11.0 Å². The van der Waals surface area contributed by atoms with Crippen LogP contribution in [0.4, 0.5) is 5.69 Å². The molecule has 0 aliphatic carbocycles. The number of hydrogen-bond donors (Lipinski definition) is 1. The van der Waals surface area contributed by atoms with Gasteiger partial charge in [-0.2, -0.15) is 0 Å². The van der Waals surface area contributed by atoms with Gasteiger partial charge in [-0.1, -0.05) is 6.07 Å². The number of rotatable bonds is 5. The van der Waals surface area contributed by atoms with Gasteiger partial charge in [0.05, 0.1) is 17.1 Å². The average molecular weight is 302 g/mol. The minimum absolute atomic E-state index is 0.0427. The van der Waals surface area contributed by atoms with Crippen molar-refractivity contribution in [3.63, 3.8) is 0 Å². The first-order chi connectivity index (χ1) is 9.02. The molecule has 1 N–H and O–H groups in total. The van der Waals surface area contributed by atoms with E-state index < -0.39 is 10.0 Å². The smallest absolute Gasteiger partial charge is 0.233 e. The molecule has 0 radical (unpaired) electrons. The lowest BCUT2D eigenvalue weighted by Gasteiger charge is -2.10. The zero-order valence-corrected chi connectivity index (χ0v) is 11.7. The van der Waals surface area contributed by atoms with E-state index in [4.69, 9.17) is 11.6 Å². The number of anilines is 1. The summed E-state index contributed by atoms with van der Waals surface area (Å²) in [6.07, 6.45) is 1.44. The average Bonchev–Trinajstić information content (AvgIpc) is 2.84. The summed E-state index contributed by atoms with van der Waals surface area (Å²) in [5, 5.41) is 10.9. The molecule has 2 rings (SSSR count). The normalized spacial score (nSPS) is 11.5. The van der Waals surface area contributed by atoms with Crippen molar-refractivity contribution < 1.29 is 8.42 Å². The highest BCUT2D eigenvalue weighted by Crippen LogP contribution is 2.19. The number of sulfonamides is 1. The predicted octanol–water partition coefficient (Wildman–Crippen LogP) is 0.951. The zero-order chi connectivity index (χ0) is 13.9. The van der Waals surface area contributed by atoms with Gasteiger partial charge in [0, 0.05) is 5.88 Å². The first-order valence-corrected chi connectivity index (χ1v) is 7.61. The maximum atomic E-state index is 11.6. The van der Waals surface area contributed by atoms with Crippen LogP contribution in [-0.2, 0) is 10.0 Å². The Labute approximate surface area is 115 Å². The Morgan fingerprint density at radius 2 is 2.21 bits per heavy atom. The van der Waals surface area contributed by atoms with Crippen LogP contribution < -0.4 is 4.72 Å². The van der Waals surface area contributed by atoms with Crippen molar-refractivity contribution in [3.05, 3.63) is 30.1 Å². The van der Waals surface area contributed by atoms with Crippen LogP contribution in [0.2, 0.25) is 0 Å². The molecule has 0 amide bonds. The highest BCUT2D eigenvalue weighted by Gasteiger charge is 2.11. The summed E-state index contributed by atoms with van der Waals surface area (Å²) in [5.74, 6) is -0.0936. The lowest BCUT2D eigenvalue weighted by Crippen LogP contribution is -2.17. The Balaban J connectivity index is 2.32. The summed E-state index contributed by atoms with van der Waals surface area (Å²) >= 11 is 5.44. The topological polar surface area (TPSA) is 89.8 Å². The van der Waals surface area contributed by atoms with Crippen molar-refractivity contribution in [1.82, 2.24) is 20.2 Å². The number of tetrazole rings is 1. The molecule has 1 aromatic heterocycles. The summed E-state index contributed by atoms with van der Waals surface area (Å²) < 4.78 is 27.2. The number of aryl methyl sites for hydroxylation is 1. The molecule has 0 atom stereocenters. The molecule has 0 aliphatic heterocycles. The monoisotopic (exact) mass is 301 g/mol. The van der Waals surface area contributed by atoms with Gasteiger partial charge in [0.25, 0.3) is 0 Å². The summed E-state index contributed by atoms with van der Waals surface area (Å²) in [6, 6.07) is 5.13. The highest BCUT2D eigenvalue weighted by molar-refractivity contribution is 7.92. The fourth-order valence-electron chi connectivity index (χ4n) is 1.52. The van der Waals surface area contributed by atoms with Crippen molar-refractivity contribution in [2.24, 2.45) is 0 Å². The quantitative estimate of drug-likeness (QED) is 0.831. The van der Waals surface area contributed by atoms with Gasteiger partial charge in [-0.25, -0.2) is 13.1 Å². The third-order valence-corrected chi connectivity index (χ3v) is 4.13. The minimum atomic E-state index is -3.43. The number of hydrogen-bond acceptors (Lipinski definition) is 5. The van der Waals surface area contributed by atoms with Gasteiger partial charge in [0.15, 0.2) is 0 Å². The van der Waals surface area contributed by atoms with Crippen molar-refractivity contribution >= 4 is 27.3 Å². The van der Waals surface area contributed by atoms with Crippen molar-refractivity contribution in [2.75, 3.05) is 16.4 Å². The van der Waals surface area contributed by atoms with E-state index in [1.807, 2.05) is 6.92 Å². The Bertz CT molecular complexity index is 657. The van der Waals surface area contributed by atoms with E-state index in [9.17, 15) is 8.42 Å². The molecule has 0 spiro atoms. The Kier molecular flexibility index (Phi) is 4.01. The molecule has 0 saturated carbocycles. The Morgan fingerprint density at radius 1 is 1.42 bits per heavy atom. The van der Waals surface area contributed by atoms with Crippen LogP contribution in [0, 0.1) is 6.92 Å². The summed E-state index contributed by atoms with van der Waals surface area (Å²) in [6.45, 7) is 1.88. The maximum absolute atomic E-state index is 11.6. The minimum Gasteiger partial charge on any atom is -0.283 e. The van der Waals surface area contributed by atoms with Crippen LogP contribution in [-0.4, -0.2) is 40.3 Å². The lowest BCUT2D eigenvalue weighted by molar-refractivity contribution is 0.602. The second kappa shape index (κ2) is 5.54. The van der Waals surface area contributed by atoms with Crippen LogP contribution in [0.15, 0.2) is 24.5 Å². The summed E-state index contributed by atoms with van der Waals surface area (Å²) in [7, 11) is -3.43. The summed E-state index contributed by atoms with van der Waals surface area (Å²) in [4.78, 5) is 0. The van der Waals surface area contributed by atoms with Crippen LogP contribution in [0.5, 0.6) is 0 Å². The van der Waals surface area contributed by atoms with E-state index in [0.717, 1.165) is 5.56 Å². The molecule has 19 heavy (non-hydrogen) atoms. The fraction of sp³-hybridized carbons (Fsp3) is 0.300. The molecule has 0 aliphatic rings. The number of nitrogens with one attached hydrogen (secondary N) is 1. The van der Waals surface area contributed by atoms with E-state index in [2.05, 4.69) is 20.2 Å². The number of benzene rings is 1. The van der Waals surface area contributed by atoms with Gasteiger partial charge in [-0.05, 0) is 35.0 Å². The van der Waals surface area contributed by atoms with E-state index in [0.29, 0.717) is 11.4 Å². The second-order valence-corrected chi connectivity index (χ2v) is 6.09. The molecule has 1 heterocycles. The number of halogens is 1. The predicted molar refractivity (Wildman–Crippen MR) is 72.0 cm³/mol. The molecule has 7 nitrogen and oxygen atoms in total. The first-order valence-electron chi connectivity index (χ1n) is 5.42. The van der Waals surface area contributed by atoms with Gasteiger partial charge in [0.1, 0.15) is 6.33 Å². The van der Waals surface area contributed by atoms with E-state index in [-0.39, 0.29) is 11.6 Å². The molecular weight excluding hydrogens is 290 g/mol. The standard InChI is InChI=1S/C10H12ClN5O2S/c1-8-2-3-9(13-19(17,18)5-4-11)6-10(8)16-7-12-14-15-16/h2-3,6-7,13H,4-5H2,1H3. The fourth-order valence-corrected chi connectivity index (χ4v) is 2.92. The number of alkyl halides is 1. The van der Waals surface area contributed by atoms with Gasteiger partial charge in [0.2, 0.25) is 10.0 Å². The van der Waals surface area contributed by atoms with Crippen LogP contribution in [0.1, 0.15) is 5.56 Å². The second-order valence-electron chi connectivity index (χ2n) is 3.87. The molecule has 0 fully saturated rings. The van der Waals surface area contributed by atoms with Gasteiger partial charge in [-0.3, -0.25) is 4.72 Å². The molecule has 9 heteroatoms. The highest BCUT2D eigenvalue weighted by atomic mass is 35.5. The lowest BCUT2D eigenvalue weighted by atomic mass is 10.2. The van der Waals surface area contributed by atoms with E-state index >= 15 is 0 Å². The molecule has 1 aromatic carbocycles. The molecule has 0 saturated heterocycles. The Morgan fingerprint density at radius 3 is 2.84 bits per heavy atom. The Hall–Kier alpha value is -1.67. The molecule has 0 bridgehead atoms. The third kappa shape index (κ3) is 3.42. The summed E-state index contributed by atoms with van der Waals surface area (Å²) in [5.41, 5.74) is 2.07. The van der Waals surface area contributed by atoms with Gasteiger partial charge < -0.3 is 0 Å². The number of nitrogens with zero attached hydrogens (tertiary/aromatic N) is 4. The SMILES string of the molecule is Cc1ccc(NS(=O)(=O)CCCl)cc1-n1cnnn1. The maximum Gasteiger partial charge on any atom is 0.233 e. The molecule has 2 aromatic rings. The largest absolute Gasteiger partial charge is 0.283 e. The van der Waals surface area contributed by atoms with Crippen molar-refractivity contribution in [3.8, 4) is 5.69 Å². The third-order valence-electron chi connectivity index (χ3n) is 2.42. The van der Waals surface area contributed by atoms with Crippen LogP contribution >= 0.6 is 11.6 Å². The van der Waals surface area contributed by atoms with Gasteiger partial charge in [-0.15, -0.1) is 16.7 Å². The molecule has 102 valence electrons. The molecule has 0 unspecified atom stereocenters. The number of aromatic nitrogens is 4. The zero-order valence-electron chi connectivity index (χ0n) is 10.1. The van der Waals surface area contributed by atoms with Gasteiger partial charge >= 0.3 is 0 Å². The van der Waals surface area contributed by atoms with Crippen LogP contribution in [0.25, 0.3) is 5.69 Å². The van der Waals surface area contributed by atoms with Crippen molar-refractivity contribution in [2.45, 2.75) is 6.92 Å². The van der Waals surface area contributed by atoms with Crippen LogP contribution in [0.3, 0.4) is 0 Å². The van der Waals surface area contributed by atoms with Crippen molar-refractivity contribution in [1.29, 1.82) is 0 Å². The first kappa shape index (κ1) is 13.8. The van der Waals surface area contributed by atoms with E-state index in [1.54, 1.807) is 18.2 Å². The molecular formula is C10H12ClN5O2S.